The third-order valence-electron chi connectivity index (χ3n) is 3.61. The topological polar surface area (TPSA) is 98.1 Å². The van der Waals surface area contributed by atoms with Crippen molar-refractivity contribution in [1.82, 2.24) is 20.1 Å². The zero-order chi connectivity index (χ0) is 18.4. The van der Waals surface area contributed by atoms with Gasteiger partial charge in [-0.3, -0.25) is 4.68 Å². The molecule has 1 unspecified atom stereocenters. The van der Waals surface area contributed by atoms with Gasteiger partial charge in [0.15, 0.2) is 0 Å². The molecule has 0 bridgehead atoms. The minimum atomic E-state index is -0.458. The average molecular weight is 345 g/mol. The fraction of sp³-hybridized carbons (Fsp3) is 0.412. The highest BCUT2D eigenvalue weighted by molar-refractivity contribution is 5.93. The lowest BCUT2D eigenvalue weighted by Gasteiger charge is -2.20. The first-order chi connectivity index (χ1) is 11.9. The van der Waals surface area contributed by atoms with Gasteiger partial charge >= 0.3 is 12.0 Å². The van der Waals surface area contributed by atoms with Crippen molar-refractivity contribution in [2.45, 2.75) is 26.3 Å². The number of anilines is 1. The molecule has 1 heterocycles. The van der Waals surface area contributed by atoms with Gasteiger partial charge in [-0.2, -0.15) is 5.10 Å². The number of urea groups is 1. The molecule has 0 spiro atoms. The van der Waals surface area contributed by atoms with Gasteiger partial charge < -0.3 is 15.4 Å². The Hall–Kier alpha value is -2.90. The van der Waals surface area contributed by atoms with Crippen LogP contribution in [0.3, 0.4) is 0 Å². The Kier molecular flexibility index (Phi) is 6.10. The van der Waals surface area contributed by atoms with Crippen LogP contribution in [-0.2, 0) is 11.8 Å². The molecule has 0 aliphatic rings. The smallest absolute Gasteiger partial charge is 0.337 e. The number of hydrogen-bond acceptors (Lipinski definition) is 5. The molecule has 1 aromatic carbocycles. The van der Waals surface area contributed by atoms with Gasteiger partial charge in [0.25, 0.3) is 0 Å². The molecule has 0 fully saturated rings. The van der Waals surface area contributed by atoms with E-state index in [-0.39, 0.29) is 12.1 Å². The molecule has 134 valence electrons. The number of nitrogens with zero attached hydrogens (tertiary/aromatic N) is 3. The summed E-state index contributed by atoms with van der Waals surface area (Å²) >= 11 is 0. The van der Waals surface area contributed by atoms with Crippen LogP contribution >= 0.6 is 0 Å². The van der Waals surface area contributed by atoms with Crippen LogP contribution in [0.2, 0.25) is 0 Å². The van der Waals surface area contributed by atoms with E-state index < -0.39 is 5.97 Å². The van der Waals surface area contributed by atoms with E-state index in [1.54, 1.807) is 36.0 Å². The Morgan fingerprint density at radius 3 is 2.68 bits per heavy atom. The summed E-state index contributed by atoms with van der Waals surface area (Å²) in [6, 6.07) is 5.91. The van der Waals surface area contributed by atoms with E-state index in [1.807, 2.05) is 0 Å². The fourth-order valence-electron chi connectivity index (χ4n) is 2.49. The number of aromatic nitrogens is 3. The number of hydrogen-bond donors (Lipinski definition) is 2. The second kappa shape index (κ2) is 8.27. The average Bonchev–Trinajstić information content (AvgIpc) is 2.99. The van der Waals surface area contributed by atoms with Crippen LogP contribution in [0.4, 0.5) is 10.5 Å². The highest BCUT2D eigenvalue weighted by atomic mass is 16.5. The first-order valence-electron chi connectivity index (χ1n) is 8.00. The fourth-order valence-corrected chi connectivity index (χ4v) is 2.49. The van der Waals surface area contributed by atoms with Crippen molar-refractivity contribution in [1.29, 1.82) is 0 Å². The van der Waals surface area contributed by atoms with Gasteiger partial charge in [0.1, 0.15) is 12.2 Å². The number of aryl methyl sites for hydroxylation is 1. The molecule has 0 aliphatic heterocycles. The van der Waals surface area contributed by atoms with Crippen molar-refractivity contribution in [3.05, 3.63) is 42.0 Å². The van der Waals surface area contributed by atoms with E-state index in [2.05, 4.69) is 39.3 Å². The molecule has 8 nitrogen and oxygen atoms in total. The van der Waals surface area contributed by atoms with Gasteiger partial charge in [-0.05, 0) is 30.5 Å². The van der Waals surface area contributed by atoms with Crippen LogP contribution in [0.5, 0.6) is 0 Å². The number of ether oxygens (including phenoxy) is 1. The lowest BCUT2D eigenvalue weighted by atomic mass is 10.0. The van der Waals surface area contributed by atoms with Crippen LogP contribution in [0, 0.1) is 5.92 Å². The Morgan fingerprint density at radius 2 is 2.08 bits per heavy atom. The molecule has 25 heavy (non-hydrogen) atoms. The van der Waals surface area contributed by atoms with E-state index in [0.717, 1.165) is 6.42 Å². The summed E-state index contributed by atoms with van der Waals surface area (Å²) in [5.41, 5.74) is 0.869. The zero-order valence-corrected chi connectivity index (χ0v) is 14.8. The molecule has 0 saturated carbocycles. The van der Waals surface area contributed by atoms with E-state index >= 15 is 0 Å². The molecule has 2 aromatic rings. The van der Waals surface area contributed by atoms with Crippen molar-refractivity contribution < 1.29 is 14.3 Å². The molecule has 0 radical (unpaired) electrons. The molecule has 1 atom stereocenters. The van der Waals surface area contributed by atoms with Gasteiger partial charge in [0.05, 0.1) is 18.7 Å². The van der Waals surface area contributed by atoms with Crippen molar-refractivity contribution in [3.8, 4) is 0 Å². The SMILES string of the molecule is COC(=O)c1cccc(NC(=O)NC(CC(C)C)c2ncnn2C)c1. The van der Waals surface area contributed by atoms with Crippen molar-refractivity contribution in [3.63, 3.8) is 0 Å². The number of nitrogens with one attached hydrogen (secondary N) is 2. The third kappa shape index (κ3) is 5.03. The number of amides is 2. The predicted octanol–water partition coefficient (Wildman–Crippen LogP) is 2.51. The highest BCUT2D eigenvalue weighted by Crippen LogP contribution is 2.19. The maximum atomic E-state index is 12.4. The van der Waals surface area contributed by atoms with Crippen LogP contribution in [-0.4, -0.2) is 33.9 Å². The predicted molar refractivity (Wildman–Crippen MR) is 93.1 cm³/mol. The monoisotopic (exact) mass is 345 g/mol. The molecule has 8 heteroatoms. The molecule has 0 saturated heterocycles. The van der Waals surface area contributed by atoms with Gasteiger partial charge in [-0.1, -0.05) is 19.9 Å². The standard InChI is InChI=1S/C17H23N5O3/c1-11(2)8-14(15-18-10-19-22(15)3)21-17(24)20-13-7-5-6-12(9-13)16(23)25-4/h5-7,9-11,14H,8H2,1-4H3,(H2,20,21,24). The normalized spacial score (nSPS) is 11.9. The van der Waals surface area contributed by atoms with Crippen LogP contribution in [0.25, 0.3) is 0 Å². The Morgan fingerprint density at radius 1 is 1.32 bits per heavy atom. The molecule has 2 N–H and O–H groups in total. The van der Waals surface area contributed by atoms with E-state index in [4.69, 9.17) is 0 Å². The quantitative estimate of drug-likeness (QED) is 0.784. The summed E-state index contributed by atoms with van der Waals surface area (Å²) in [5, 5.41) is 9.70. The lowest BCUT2D eigenvalue weighted by molar-refractivity contribution is 0.0600. The van der Waals surface area contributed by atoms with Crippen molar-refractivity contribution in [2.75, 3.05) is 12.4 Å². The molecule has 2 rings (SSSR count). The number of rotatable bonds is 6. The van der Waals surface area contributed by atoms with Crippen LogP contribution in [0.1, 0.15) is 42.5 Å². The van der Waals surface area contributed by atoms with E-state index in [9.17, 15) is 9.59 Å². The first-order valence-corrected chi connectivity index (χ1v) is 8.00. The Bertz CT molecular complexity index is 741. The largest absolute Gasteiger partial charge is 0.465 e. The maximum absolute atomic E-state index is 12.4. The summed E-state index contributed by atoms with van der Waals surface area (Å²) < 4.78 is 6.33. The van der Waals surface area contributed by atoms with Gasteiger partial charge in [0, 0.05) is 12.7 Å². The third-order valence-corrected chi connectivity index (χ3v) is 3.61. The molecule has 2 amide bonds. The van der Waals surface area contributed by atoms with Gasteiger partial charge in [-0.25, -0.2) is 14.6 Å². The van der Waals surface area contributed by atoms with E-state index in [1.165, 1.54) is 13.4 Å². The van der Waals surface area contributed by atoms with Gasteiger partial charge in [0.2, 0.25) is 0 Å². The molecular weight excluding hydrogens is 322 g/mol. The van der Waals surface area contributed by atoms with Crippen LogP contribution in [0.15, 0.2) is 30.6 Å². The second-order valence-corrected chi connectivity index (χ2v) is 6.09. The van der Waals surface area contributed by atoms with Crippen molar-refractivity contribution in [2.24, 2.45) is 13.0 Å². The lowest BCUT2D eigenvalue weighted by Crippen LogP contribution is -2.34. The zero-order valence-electron chi connectivity index (χ0n) is 14.8. The summed E-state index contributed by atoms with van der Waals surface area (Å²) in [6.45, 7) is 4.14. The summed E-state index contributed by atoms with van der Waals surface area (Å²) in [7, 11) is 3.10. The van der Waals surface area contributed by atoms with E-state index in [0.29, 0.717) is 23.0 Å². The Balaban J connectivity index is 2.09. The maximum Gasteiger partial charge on any atom is 0.337 e. The first kappa shape index (κ1) is 18.4. The van der Waals surface area contributed by atoms with Gasteiger partial charge in [-0.15, -0.1) is 0 Å². The molecular formula is C17H23N5O3. The minimum absolute atomic E-state index is 0.267. The summed E-state index contributed by atoms with van der Waals surface area (Å²) in [4.78, 5) is 28.2. The number of carbonyl (C=O) groups is 2. The van der Waals surface area contributed by atoms with Crippen molar-refractivity contribution >= 4 is 17.7 Å². The number of carbonyl (C=O) groups excluding carboxylic acids is 2. The van der Waals surface area contributed by atoms with Crippen LogP contribution < -0.4 is 10.6 Å². The minimum Gasteiger partial charge on any atom is -0.465 e. The highest BCUT2D eigenvalue weighted by Gasteiger charge is 2.20. The number of esters is 1. The number of methoxy groups -OCH3 is 1. The summed E-state index contributed by atoms with van der Waals surface area (Å²) in [5.74, 6) is 0.595. The summed E-state index contributed by atoms with van der Waals surface area (Å²) in [6.07, 6.45) is 2.18. The number of benzene rings is 1. The Labute approximate surface area is 146 Å². The molecule has 0 aliphatic carbocycles. The molecule has 1 aromatic heterocycles. The second-order valence-electron chi connectivity index (χ2n) is 6.09.